The molecule has 0 radical (unpaired) electrons. The van der Waals surface area contributed by atoms with Gasteiger partial charge < -0.3 is 10.2 Å². The highest BCUT2D eigenvalue weighted by Crippen LogP contribution is 2.29. The van der Waals surface area contributed by atoms with E-state index in [0.717, 1.165) is 25.6 Å². The second-order valence-corrected chi connectivity index (χ2v) is 5.00. The number of nitrogens with one attached hydrogen (secondary N) is 1. The van der Waals surface area contributed by atoms with Gasteiger partial charge in [0.2, 0.25) is 0 Å². The molecule has 1 aliphatic carbocycles. The minimum atomic E-state index is -4.34. The van der Waals surface area contributed by atoms with E-state index in [1.54, 1.807) is 0 Å². The lowest BCUT2D eigenvalue weighted by atomic mass is 10.3. The van der Waals surface area contributed by atoms with Crippen LogP contribution >= 0.6 is 0 Å². The van der Waals surface area contributed by atoms with E-state index >= 15 is 0 Å². The van der Waals surface area contributed by atoms with Crippen molar-refractivity contribution in [3.63, 3.8) is 0 Å². The van der Waals surface area contributed by atoms with Gasteiger partial charge in [-0.25, -0.2) is 4.79 Å². The molecule has 1 saturated carbocycles. The number of amides is 2. The first-order valence-electron chi connectivity index (χ1n) is 6.26. The average molecular weight is 265 g/mol. The average Bonchev–Trinajstić information content (AvgIpc) is 3.10. The zero-order valence-corrected chi connectivity index (χ0v) is 10.2. The summed E-state index contributed by atoms with van der Waals surface area (Å²) in [7, 11) is 0. The van der Waals surface area contributed by atoms with Gasteiger partial charge in [0.15, 0.2) is 0 Å². The van der Waals surface area contributed by atoms with E-state index < -0.39 is 18.8 Å². The molecule has 0 aromatic rings. The van der Waals surface area contributed by atoms with Gasteiger partial charge in [-0.05, 0) is 18.8 Å². The zero-order valence-electron chi connectivity index (χ0n) is 10.2. The Hall–Kier alpha value is -0.980. The topological polar surface area (TPSA) is 35.6 Å². The van der Waals surface area contributed by atoms with Crippen LogP contribution in [0.5, 0.6) is 0 Å². The molecule has 4 nitrogen and oxygen atoms in total. The second kappa shape index (κ2) is 5.34. The molecule has 1 aliphatic heterocycles. The Morgan fingerprint density at radius 1 is 1.17 bits per heavy atom. The fourth-order valence-electron chi connectivity index (χ4n) is 2.09. The van der Waals surface area contributed by atoms with Crippen molar-refractivity contribution in [3.05, 3.63) is 0 Å². The van der Waals surface area contributed by atoms with Crippen LogP contribution in [-0.2, 0) is 0 Å². The highest BCUT2D eigenvalue weighted by atomic mass is 19.4. The van der Waals surface area contributed by atoms with Crippen LogP contribution in [0.2, 0.25) is 0 Å². The van der Waals surface area contributed by atoms with E-state index in [9.17, 15) is 18.0 Å². The predicted molar refractivity (Wildman–Crippen MR) is 60.2 cm³/mol. The van der Waals surface area contributed by atoms with E-state index in [2.05, 4.69) is 4.90 Å². The van der Waals surface area contributed by atoms with Crippen LogP contribution in [-0.4, -0.2) is 61.3 Å². The summed E-state index contributed by atoms with van der Waals surface area (Å²) < 4.78 is 35.9. The van der Waals surface area contributed by atoms with Crippen LogP contribution in [0.4, 0.5) is 18.0 Å². The van der Waals surface area contributed by atoms with Crippen LogP contribution < -0.4 is 5.32 Å². The molecule has 18 heavy (non-hydrogen) atoms. The molecule has 2 rings (SSSR count). The number of rotatable bonds is 3. The summed E-state index contributed by atoms with van der Waals surface area (Å²) in [5, 5.41) is 1.90. The molecule has 0 aromatic carbocycles. The Morgan fingerprint density at radius 3 is 2.28 bits per heavy atom. The molecular weight excluding hydrogens is 247 g/mol. The van der Waals surface area contributed by atoms with Crippen LogP contribution in [0.3, 0.4) is 0 Å². The standard InChI is InChI=1S/C11H18F3N3O/c12-11(13,14)8-15-10(18)17-5-3-16(4-6-17)7-9-1-2-9/h9H,1-8H2,(H,15,18). The minimum absolute atomic E-state index is 0.510. The first kappa shape index (κ1) is 13.5. The van der Waals surface area contributed by atoms with Gasteiger partial charge in [-0.15, -0.1) is 0 Å². The predicted octanol–water partition coefficient (Wildman–Crippen LogP) is 1.29. The number of alkyl halides is 3. The number of carbonyl (C=O) groups is 1. The van der Waals surface area contributed by atoms with E-state index in [-0.39, 0.29) is 0 Å². The van der Waals surface area contributed by atoms with Crippen LogP contribution in [0.15, 0.2) is 0 Å². The van der Waals surface area contributed by atoms with Gasteiger partial charge in [0.25, 0.3) is 0 Å². The van der Waals surface area contributed by atoms with Crippen LogP contribution in [0.1, 0.15) is 12.8 Å². The maximum absolute atomic E-state index is 12.0. The Morgan fingerprint density at radius 2 is 1.78 bits per heavy atom. The Balaban J connectivity index is 1.66. The summed E-state index contributed by atoms with van der Waals surface area (Å²) in [6.45, 7) is 2.35. The molecule has 0 spiro atoms. The molecule has 0 bridgehead atoms. The number of hydrogen-bond donors (Lipinski definition) is 1. The molecule has 1 heterocycles. The molecular formula is C11H18F3N3O. The van der Waals surface area contributed by atoms with Gasteiger partial charge in [-0.1, -0.05) is 0 Å². The van der Waals surface area contributed by atoms with Gasteiger partial charge in [0.05, 0.1) is 0 Å². The maximum Gasteiger partial charge on any atom is 0.405 e. The molecule has 0 atom stereocenters. The fraction of sp³-hybridized carbons (Fsp3) is 0.909. The molecule has 0 aromatic heterocycles. The highest BCUT2D eigenvalue weighted by Gasteiger charge is 2.30. The largest absolute Gasteiger partial charge is 0.405 e. The molecule has 1 saturated heterocycles. The first-order valence-corrected chi connectivity index (χ1v) is 6.26. The molecule has 104 valence electrons. The lowest BCUT2D eigenvalue weighted by molar-refractivity contribution is -0.123. The van der Waals surface area contributed by atoms with Crippen molar-refractivity contribution in [2.24, 2.45) is 5.92 Å². The normalized spacial score (nSPS) is 22.1. The van der Waals surface area contributed by atoms with Gasteiger partial charge in [0, 0.05) is 32.7 Å². The summed E-state index contributed by atoms with van der Waals surface area (Å²) in [5.74, 6) is 0.801. The second-order valence-electron chi connectivity index (χ2n) is 5.00. The Bertz CT molecular complexity index is 296. The molecule has 2 aliphatic rings. The molecule has 1 N–H and O–H groups in total. The number of piperazine rings is 1. The third-order valence-electron chi connectivity index (χ3n) is 3.31. The van der Waals surface area contributed by atoms with Crippen molar-refractivity contribution < 1.29 is 18.0 Å². The highest BCUT2D eigenvalue weighted by molar-refractivity contribution is 5.74. The summed E-state index contributed by atoms with van der Waals surface area (Å²) in [5.41, 5.74) is 0. The van der Waals surface area contributed by atoms with E-state index in [0.29, 0.717) is 13.1 Å². The van der Waals surface area contributed by atoms with Crippen LogP contribution in [0, 0.1) is 5.92 Å². The Kier molecular flexibility index (Phi) is 3.99. The number of carbonyl (C=O) groups excluding carboxylic acids is 1. The van der Waals surface area contributed by atoms with E-state index in [1.165, 1.54) is 17.7 Å². The van der Waals surface area contributed by atoms with E-state index in [1.807, 2.05) is 5.32 Å². The first-order chi connectivity index (χ1) is 8.44. The third kappa shape index (κ3) is 4.36. The molecule has 2 fully saturated rings. The zero-order chi connectivity index (χ0) is 13.2. The van der Waals surface area contributed by atoms with Crippen molar-refractivity contribution in [2.75, 3.05) is 39.3 Å². The summed E-state index contributed by atoms with van der Waals surface area (Å²) >= 11 is 0. The van der Waals surface area contributed by atoms with Gasteiger partial charge in [0.1, 0.15) is 6.54 Å². The van der Waals surface area contributed by atoms with Crippen molar-refractivity contribution in [1.29, 1.82) is 0 Å². The number of hydrogen-bond acceptors (Lipinski definition) is 2. The van der Waals surface area contributed by atoms with Crippen molar-refractivity contribution in [3.8, 4) is 0 Å². The molecule has 2 amide bonds. The number of halogens is 3. The quantitative estimate of drug-likeness (QED) is 0.834. The number of urea groups is 1. The molecule has 7 heteroatoms. The Labute approximate surface area is 104 Å². The van der Waals surface area contributed by atoms with Crippen LogP contribution in [0.25, 0.3) is 0 Å². The monoisotopic (exact) mass is 265 g/mol. The van der Waals surface area contributed by atoms with Gasteiger partial charge in [-0.2, -0.15) is 13.2 Å². The van der Waals surface area contributed by atoms with Crippen molar-refractivity contribution in [1.82, 2.24) is 15.1 Å². The maximum atomic E-state index is 12.0. The fourth-order valence-corrected chi connectivity index (χ4v) is 2.09. The lowest BCUT2D eigenvalue weighted by Gasteiger charge is -2.34. The lowest BCUT2D eigenvalue weighted by Crippen LogP contribution is -2.53. The smallest absolute Gasteiger partial charge is 0.329 e. The van der Waals surface area contributed by atoms with Gasteiger partial charge >= 0.3 is 12.2 Å². The van der Waals surface area contributed by atoms with Crippen molar-refractivity contribution >= 4 is 6.03 Å². The summed E-state index contributed by atoms with van der Waals surface area (Å²) in [4.78, 5) is 15.2. The van der Waals surface area contributed by atoms with E-state index in [4.69, 9.17) is 0 Å². The van der Waals surface area contributed by atoms with Crippen molar-refractivity contribution in [2.45, 2.75) is 19.0 Å². The van der Waals surface area contributed by atoms with Gasteiger partial charge in [-0.3, -0.25) is 4.90 Å². The number of nitrogens with zero attached hydrogens (tertiary/aromatic N) is 2. The molecule has 0 unspecified atom stereocenters. The summed E-state index contributed by atoms with van der Waals surface area (Å²) in [6, 6.07) is -0.613. The summed E-state index contributed by atoms with van der Waals surface area (Å²) in [6.07, 6.45) is -1.78. The third-order valence-corrected chi connectivity index (χ3v) is 3.31. The SMILES string of the molecule is O=C(NCC(F)(F)F)N1CCN(CC2CC2)CC1. The minimum Gasteiger partial charge on any atom is -0.329 e.